The fourth-order valence-corrected chi connectivity index (χ4v) is 4.51. The van der Waals surface area contributed by atoms with Crippen LogP contribution in [0.4, 0.5) is 10.7 Å². The maximum atomic E-state index is 11.8. The average molecular weight is 306 g/mol. The Hall–Kier alpha value is -1.03. The maximum absolute atomic E-state index is 11.8. The first-order valence-corrected chi connectivity index (χ1v) is 8.88. The Bertz CT molecular complexity index is 547. The van der Waals surface area contributed by atoms with Gasteiger partial charge in [-0.05, 0) is 49.9 Å². The lowest BCUT2D eigenvalue weighted by atomic mass is 9.75. The van der Waals surface area contributed by atoms with E-state index in [0.29, 0.717) is 17.4 Å². The van der Waals surface area contributed by atoms with Crippen molar-refractivity contribution in [2.75, 3.05) is 11.1 Å². The van der Waals surface area contributed by atoms with Gasteiger partial charge in [-0.15, -0.1) is 11.3 Å². The van der Waals surface area contributed by atoms with Crippen LogP contribution in [0, 0.1) is 5.41 Å². The van der Waals surface area contributed by atoms with Crippen LogP contribution in [0.25, 0.3) is 0 Å². The molecular formula is C17H26N2OS. The minimum absolute atomic E-state index is 0.0947. The lowest BCUT2D eigenvalue weighted by molar-refractivity contribution is 0.102. The van der Waals surface area contributed by atoms with E-state index in [1.165, 1.54) is 49.1 Å². The second kappa shape index (κ2) is 5.31. The predicted molar refractivity (Wildman–Crippen MR) is 90.4 cm³/mol. The number of hydrogen-bond acceptors (Lipinski definition) is 4. The van der Waals surface area contributed by atoms with Crippen molar-refractivity contribution in [2.45, 2.75) is 71.3 Å². The number of hydrogen-bond donors (Lipinski definition) is 2. The van der Waals surface area contributed by atoms with Crippen LogP contribution < -0.4 is 11.1 Å². The number of ketones is 1. The molecule has 0 unspecified atom stereocenters. The smallest absolute Gasteiger partial charge is 0.171 e. The van der Waals surface area contributed by atoms with E-state index >= 15 is 0 Å². The first kappa shape index (κ1) is 14.9. The third-order valence-electron chi connectivity index (χ3n) is 4.96. The highest BCUT2D eigenvalue weighted by molar-refractivity contribution is 7.18. The van der Waals surface area contributed by atoms with Crippen LogP contribution in [0.1, 0.15) is 80.4 Å². The van der Waals surface area contributed by atoms with Crippen LogP contribution in [-0.4, -0.2) is 11.8 Å². The lowest BCUT2D eigenvalue weighted by Crippen LogP contribution is -2.29. The minimum atomic E-state index is 0.0947. The molecule has 2 saturated carbocycles. The number of nitrogens with one attached hydrogen (secondary N) is 1. The van der Waals surface area contributed by atoms with Crippen molar-refractivity contribution >= 4 is 27.8 Å². The van der Waals surface area contributed by atoms with E-state index in [0.717, 1.165) is 10.6 Å². The van der Waals surface area contributed by atoms with Gasteiger partial charge in [0.25, 0.3) is 0 Å². The molecule has 3 nitrogen and oxygen atoms in total. The fraction of sp³-hybridized carbons (Fsp3) is 0.706. The van der Waals surface area contributed by atoms with Gasteiger partial charge in [-0.25, -0.2) is 0 Å². The normalized spacial score (nSPS) is 22.2. The quantitative estimate of drug-likeness (QED) is 0.786. The minimum Gasteiger partial charge on any atom is -0.397 e. The molecule has 3 N–H and O–H groups in total. The van der Waals surface area contributed by atoms with Gasteiger partial charge in [0.1, 0.15) is 0 Å². The molecule has 1 heterocycles. The van der Waals surface area contributed by atoms with Gasteiger partial charge in [0.15, 0.2) is 5.78 Å². The first-order valence-electron chi connectivity index (χ1n) is 8.07. The molecule has 0 spiro atoms. The summed E-state index contributed by atoms with van der Waals surface area (Å²) < 4.78 is 0. The Kier molecular flexibility index (Phi) is 3.76. The maximum Gasteiger partial charge on any atom is 0.171 e. The van der Waals surface area contributed by atoms with E-state index in [2.05, 4.69) is 19.2 Å². The summed E-state index contributed by atoms with van der Waals surface area (Å²) in [4.78, 5) is 12.5. The van der Waals surface area contributed by atoms with Crippen LogP contribution in [0.5, 0.6) is 0 Å². The molecular weight excluding hydrogens is 280 g/mol. The van der Waals surface area contributed by atoms with Crippen molar-refractivity contribution in [1.29, 1.82) is 0 Å². The van der Waals surface area contributed by atoms with Gasteiger partial charge in [-0.3, -0.25) is 4.79 Å². The van der Waals surface area contributed by atoms with Crippen LogP contribution >= 0.6 is 11.3 Å². The Morgan fingerprint density at radius 3 is 2.38 bits per heavy atom. The molecule has 0 amide bonds. The third-order valence-corrected chi connectivity index (χ3v) is 6.22. The molecule has 0 saturated heterocycles. The fourth-order valence-electron chi connectivity index (χ4n) is 3.33. The highest BCUT2D eigenvalue weighted by Crippen LogP contribution is 2.51. The zero-order valence-electron chi connectivity index (χ0n) is 13.3. The van der Waals surface area contributed by atoms with Crippen molar-refractivity contribution in [2.24, 2.45) is 5.41 Å². The van der Waals surface area contributed by atoms with Crippen molar-refractivity contribution in [3.05, 3.63) is 10.4 Å². The summed E-state index contributed by atoms with van der Waals surface area (Å²) in [6, 6.07) is 0.536. The number of anilines is 2. The van der Waals surface area contributed by atoms with E-state index in [9.17, 15) is 4.79 Å². The Labute approximate surface area is 131 Å². The number of nitrogens with two attached hydrogens (primary N) is 1. The number of rotatable bonds is 4. The number of carbonyl (C=O) groups is 1. The summed E-state index contributed by atoms with van der Waals surface area (Å²) in [6.45, 7) is 6.33. The molecule has 3 rings (SSSR count). The Morgan fingerprint density at radius 2 is 1.86 bits per heavy atom. The molecule has 0 aliphatic heterocycles. The van der Waals surface area contributed by atoms with Gasteiger partial charge >= 0.3 is 0 Å². The summed E-state index contributed by atoms with van der Waals surface area (Å²) >= 11 is 1.57. The summed E-state index contributed by atoms with van der Waals surface area (Å²) in [6.07, 6.45) is 7.39. The first-order chi connectivity index (χ1) is 9.87. The van der Waals surface area contributed by atoms with Crippen molar-refractivity contribution in [3.63, 3.8) is 0 Å². The molecule has 0 bridgehead atoms. The second-order valence-corrected chi connectivity index (χ2v) is 8.52. The highest BCUT2D eigenvalue weighted by atomic mass is 32.1. The van der Waals surface area contributed by atoms with Crippen molar-refractivity contribution < 1.29 is 4.79 Å². The number of thiophene rings is 1. The molecule has 2 aliphatic carbocycles. The van der Waals surface area contributed by atoms with Gasteiger partial charge in [-0.2, -0.15) is 0 Å². The third kappa shape index (κ3) is 3.10. The van der Waals surface area contributed by atoms with Crippen LogP contribution in [-0.2, 0) is 0 Å². The molecule has 0 atom stereocenters. The number of Topliss-reactive ketones (excluding diaryl/α,β-unsaturated/α-hetero) is 1. The molecule has 116 valence electrons. The Morgan fingerprint density at radius 1 is 1.24 bits per heavy atom. The zero-order chi connectivity index (χ0) is 15.2. The second-order valence-electron chi connectivity index (χ2n) is 7.50. The van der Waals surface area contributed by atoms with E-state index < -0.39 is 0 Å². The topological polar surface area (TPSA) is 55.1 Å². The molecule has 21 heavy (non-hydrogen) atoms. The molecule has 2 aliphatic rings. The van der Waals surface area contributed by atoms with E-state index in [-0.39, 0.29) is 5.78 Å². The largest absolute Gasteiger partial charge is 0.397 e. The molecule has 1 aromatic heterocycles. The molecule has 4 heteroatoms. The summed E-state index contributed by atoms with van der Waals surface area (Å²) in [7, 11) is 0. The lowest BCUT2D eigenvalue weighted by Gasteiger charge is -2.35. The van der Waals surface area contributed by atoms with E-state index in [4.69, 9.17) is 5.73 Å². The van der Waals surface area contributed by atoms with Gasteiger partial charge < -0.3 is 11.1 Å². The van der Waals surface area contributed by atoms with Crippen LogP contribution in [0.3, 0.4) is 0 Å². The molecule has 2 fully saturated rings. The average Bonchev–Trinajstić information content (AvgIpc) is 3.17. The zero-order valence-corrected chi connectivity index (χ0v) is 14.1. The van der Waals surface area contributed by atoms with Gasteiger partial charge in [0.05, 0.1) is 15.6 Å². The summed E-state index contributed by atoms with van der Waals surface area (Å²) in [5.74, 6) is 0.675. The summed E-state index contributed by atoms with van der Waals surface area (Å²) in [5, 5.41) is 4.88. The number of nitrogen functional groups attached to an aromatic ring is 1. The van der Waals surface area contributed by atoms with Gasteiger partial charge in [0.2, 0.25) is 0 Å². The number of carbonyl (C=O) groups excluding carboxylic acids is 1. The SMILES string of the molecule is CC(=O)c1sc(NC2CCC(C)(C)CC2)c(C2CC2)c1N. The van der Waals surface area contributed by atoms with Gasteiger partial charge in [-0.1, -0.05) is 13.8 Å². The predicted octanol–water partition coefficient (Wildman–Crippen LogP) is 4.79. The van der Waals surface area contributed by atoms with Crippen LogP contribution in [0.2, 0.25) is 0 Å². The van der Waals surface area contributed by atoms with Gasteiger partial charge in [0, 0.05) is 18.5 Å². The standard InChI is InChI=1S/C17H26N2OS/c1-10(20)15-14(18)13(11-4-5-11)16(21-15)19-12-6-8-17(2,3)9-7-12/h11-12,19H,4-9,18H2,1-3H3. The van der Waals surface area contributed by atoms with E-state index in [1.54, 1.807) is 18.3 Å². The van der Waals surface area contributed by atoms with Crippen molar-refractivity contribution in [1.82, 2.24) is 0 Å². The van der Waals surface area contributed by atoms with Crippen LogP contribution in [0.15, 0.2) is 0 Å². The van der Waals surface area contributed by atoms with Crippen molar-refractivity contribution in [3.8, 4) is 0 Å². The van der Waals surface area contributed by atoms with E-state index in [1.807, 2.05) is 0 Å². The summed E-state index contributed by atoms with van der Waals surface area (Å²) in [5.41, 5.74) is 8.70. The molecule has 0 radical (unpaired) electrons. The highest BCUT2D eigenvalue weighted by Gasteiger charge is 2.34. The monoisotopic (exact) mass is 306 g/mol. The Balaban J connectivity index is 1.79. The molecule has 0 aromatic carbocycles. The molecule has 1 aromatic rings.